The summed E-state index contributed by atoms with van der Waals surface area (Å²) < 4.78 is 46.9. The van der Waals surface area contributed by atoms with Crippen LogP contribution in [0.5, 0.6) is 0 Å². The molecule has 2 aromatic rings. The summed E-state index contributed by atoms with van der Waals surface area (Å²) >= 11 is 6.60. The third-order valence-corrected chi connectivity index (χ3v) is 7.08. The van der Waals surface area contributed by atoms with Crippen molar-refractivity contribution in [3.8, 4) is 0 Å². The molecule has 0 spiro atoms. The molecule has 0 amide bonds. The van der Waals surface area contributed by atoms with E-state index >= 15 is 0 Å². The number of halogens is 5. The first-order valence-electron chi connectivity index (χ1n) is 7.71. The zero-order valence-corrected chi connectivity index (χ0v) is 18.1. The Balaban J connectivity index is 2.29. The Bertz CT molecular complexity index is 726. The number of hydrogen-bond donors (Lipinski definition) is 0. The molecule has 0 atom stereocenters. The van der Waals surface area contributed by atoms with Crippen molar-refractivity contribution in [1.82, 2.24) is 9.78 Å². The van der Waals surface area contributed by atoms with Gasteiger partial charge < -0.3 is 0 Å². The molecule has 0 unspecified atom stereocenters. The molecular formula is C15H20Br2F3N2OSi-. The van der Waals surface area contributed by atoms with E-state index in [0.29, 0.717) is 33.0 Å². The van der Waals surface area contributed by atoms with E-state index in [2.05, 4.69) is 56.6 Å². The Morgan fingerprint density at radius 2 is 1.92 bits per heavy atom. The third-order valence-electron chi connectivity index (χ3n) is 3.67. The van der Waals surface area contributed by atoms with Gasteiger partial charge in [-0.2, -0.15) is 0 Å². The maximum absolute atomic E-state index is 13.1. The summed E-state index contributed by atoms with van der Waals surface area (Å²) in [7, 11) is -1.45. The fourth-order valence-corrected chi connectivity index (χ4v) is 4.00. The van der Waals surface area contributed by atoms with Gasteiger partial charge >= 0.3 is 157 Å². The van der Waals surface area contributed by atoms with E-state index in [1.165, 1.54) is 0 Å². The average Bonchev–Trinajstić information content (AvgIpc) is 2.78. The molecular weight excluding hydrogens is 469 g/mol. The van der Waals surface area contributed by atoms with Gasteiger partial charge in [-0.25, -0.2) is 0 Å². The van der Waals surface area contributed by atoms with Gasteiger partial charge in [-0.1, -0.05) is 0 Å². The second-order valence-corrected chi connectivity index (χ2v) is 15.0. The van der Waals surface area contributed by atoms with Crippen molar-refractivity contribution in [3.63, 3.8) is 0 Å². The number of aromatic nitrogens is 2. The van der Waals surface area contributed by atoms with Crippen molar-refractivity contribution in [2.24, 2.45) is 0 Å². The van der Waals surface area contributed by atoms with Crippen molar-refractivity contribution in [3.05, 3.63) is 27.9 Å². The summed E-state index contributed by atoms with van der Waals surface area (Å²) in [4.78, 5) is 0. The van der Waals surface area contributed by atoms with Crippen molar-refractivity contribution < 1.29 is 17.9 Å². The van der Waals surface area contributed by atoms with E-state index in [0.717, 1.165) is 18.2 Å². The Morgan fingerprint density at radius 3 is 2.46 bits per heavy atom. The summed E-state index contributed by atoms with van der Waals surface area (Å²) in [6.45, 7) is 7.71. The molecule has 0 N–H and O–H groups in total. The normalized spacial score (nSPS) is 13.7. The molecule has 0 aliphatic carbocycles. The molecule has 24 heavy (non-hydrogen) atoms. The molecule has 0 fully saturated rings. The van der Waals surface area contributed by atoms with Crippen molar-refractivity contribution >= 4 is 50.8 Å². The average molecular weight is 489 g/mol. The van der Waals surface area contributed by atoms with Crippen LogP contribution in [0, 0.1) is 0 Å². The van der Waals surface area contributed by atoms with Crippen LogP contribution in [-0.2, 0) is 23.0 Å². The van der Waals surface area contributed by atoms with Crippen molar-refractivity contribution in [2.75, 3.05) is 6.61 Å². The molecule has 1 aromatic heterocycles. The van der Waals surface area contributed by atoms with E-state index in [4.69, 9.17) is 4.74 Å². The van der Waals surface area contributed by atoms with E-state index in [1.807, 2.05) is 0 Å². The van der Waals surface area contributed by atoms with Crippen LogP contribution in [0.15, 0.2) is 16.7 Å². The number of fused-ring (bicyclic) bond motifs is 1. The van der Waals surface area contributed by atoms with E-state index < -0.39 is 19.8 Å². The van der Waals surface area contributed by atoms with Gasteiger partial charge in [0.2, 0.25) is 0 Å². The van der Waals surface area contributed by atoms with Gasteiger partial charge in [-0.15, -0.1) is 0 Å². The number of ether oxygens (including phenoxy) is 1. The third kappa shape index (κ3) is 4.83. The predicted molar refractivity (Wildman–Crippen MR) is 101 cm³/mol. The number of nitrogens with zero attached hydrogens (tertiary/aromatic N) is 2. The van der Waals surface area contributed by atoms with Crippen LogP contribution in [0.3, 0.4) is 0 Å². The van der Waals surface area contributed by atoms with Crippen molar-refractivity contribution in [2.45, 2.75) is 43.9 Å². The topological polar surface area (TPSA) is 27.1 Å². The summed E-state index contributed by atoms with van der Waals surface area (Å²) in [6.07, 6.45) is -4.39. The van der Waals surface area contributed by atoms with Crippen LogP contribution in [0.1, 0.15) is 11.1 Å². The first-order chi connectivity index (χ1) is 11.0. The van der Waals surface area contributed by atoms with E-state index in [1.54, 1.807) is 4.68 Å². The quantitative estimate of drug-likeness (QED) is 0.293. The van der Waals surface area contributed by atoms with Crippen LogP contribution in [0.2, 0.25) is 25.7 Å². The first kappa shape index (κ1) is 19.9. The van der Waals surface area contributed by atoms with Gasteiger partial charge in [0, 0.05) is 0 Å². The van der Waals surface area contributed by atoms with E-state index in [-0.39, 0.29) is 6.73 Å². The van der Waals surface area contributed by atoms with Crippen molar-refractivity contribution in [1.29, 1.82) is 0 Å². The molecule has 0 saturated heterocycles. The number of alkyl halides is 4. The molecule has 1 heterocycles. The predicted octanol–water partition coefficient (Wildman–Crippen LogP) is 5.76. The maximum atomic E-state index is 13.1. The zero-order valence-electron chi connectivity index (χ0n) is 13.8. The molecule has 1 aromatic carbocycles. The van der Waals surface area contributed by atoms with Crippen LogP contribution in [0.25, 0.3) is 10.9 Å². The molecule has 0 aliphatic heterocycles. The molecule has 3 nitrogen and oxygen atoms in total. The summed E-state index contributed by atoms with van der Waals surface area (Å²) in [5.74, 6) is 0. The second-order valence-electron chi connectivity index (χ2n) is 7.24. The van der Waals surface area contributed by atoms with Crippen LogP contribution >= 0.6 is 31.9 Å². The number of rotatable bonds is 6. The Morgan fingerprint density at radius 1 is 1.25 bits per heavy atom. The standard InChI is InChI=1S/C15H20Br2F3N2OSi/c1-24(2,3)5-4-23-9-22-14(17)12-7-11(15(18,19)20)6-10(8-16)13(12)21-22/h6-7,24H,4-5,8-9H2,1-3H3/q-1. The minimum atomic E-state index is -4.39. The van der Waals surface area contributed by atoms with Crippen LogP contribution in [-0.4, -0.2) is 24.5 Å². The summed E-state index contributed by atoms with van der Waals surface area (Å²) in [5.41, 5.74) is 0.371. The Hall–Kier alpha value is -0.383. The fraction of sp³-hybridized carbons (Fsp3) is 0.533. The Labute approximate surface area is 156 Å². The molecule has 0 radical (unpaired) electrons. The molecule has 136 valence electrons. The van der Waals surface area contributed by atoms with Crippen LogP contribution < -0.4 is 0 Å². The van der Waals surface area contributed by atoms with Crippen LogP contribution in [0.4, 0.5) is 13.2 Å². The van der Waals surface area contributed by atoms with Gasteiger partial charge in [-0.05, 0) is 0 Å². The zero-order chi connectivity index (χ0) is 18.1. The van der Waals surface area contributed by atoms with Gasteiger partial charge in [0.15, 0.2) is 0 Å². The molecule has 2 rings (SSSR count). The fourth-order valence-electron chi connectivity index (χ4n) is 2.21. The molecule has 0 aliphatic rings. The Kier molecular flexibility index (Phi) is 6.20. The summed E-state index contributed by atoms with van der Waals surface area (Å²) in [6, 6.07) is 3.31. The number of benzene rings is 1. The first-order valence-corrected chi connectivity index (χ1v) is 13.9. The number of hydrogen-bond acceptors (Lipinski definition) is 2. The SMILES string of the molecule is C[SiH-](C)(C)CCOCn1nc2c(CBr)cc(C(F)(F)F)cc2c1Br. The molecule has 0 bridgehead atoms. The minimum absolute atomic E-state index is 0.216. The summed E-state index contributed by atoms with van der Waals surface area (Å²) in [5, 5.41) is 5.14. The molecule has 9 heteroatoms. The second kappa shape index (κ2) is 7.47. The monoisotopic (exact) mass is 487 g/mol. The van der Waals surface area contributed by atoms with Gasteiger partial charge in [-0.3, -0.25) is 0 Å². The van der Waals surface area contributed by atoms with Gasteiger partial charge in [0.05, 0.1) is 0 Å². The van der Waals surface area contributed by atoms with Gasteiger partial charge in [0.25, 0.3) is 0 Å². The van der Waals surface area contributed by atoms with E-state index in [9.17, 15) is 13.2 Å². The molecule has 0 saturated carbocycles. The van der Waals surface area contributed by atoms with Gasteiger partial charge in [0.1, 0.15) is 0 Å².